The summed E-state index contributed by atoms with van der Waals surface area (Å²) in [5.41, 5.74) is 0. The molecule has 0 aliphatic heterocycles. The molecule has 0 fully saturated rings. The molecule has 0 amide bonds. The van der Waals surface area contributed by atoms with E-state index in [2.05, 4.69) is 25.7 Å². The summed E-state index contributed by atoms with van der Waals surface area (Å²) in [6, 6.07) is 0. The van der Waals surface area contributed by atoms with Gasteiger partial charge in [-0.25, -0.2) is 0 Å². The van der Waals surface area contributed by atoms with Crippen molar-refractivity contribution in [3.8, 4) is 0 Å². The number of nitrogens with zero attached hydrogens (tertiary/aromatic N) is 1. The van der Waals surface area contributed by atoms with Crippen LogP contribution < -0.4 is 18.9 Å². The van der Waals surface area contributed by atoms with Crippen LogP contribution in [0.15, 0.2) is 0 Å². The van der Waals surface area contributed by atoms with Crippen LogP contribution in [0.25, 0.3) is 0 Å². The first-order chi connectivity index (χ1) is 6.35. The molecule has 0 heterocycles. The molecule has 0 aromatic rings. The molecule has 0 spiro atoms. The molecular formula is C12H28LiN. The molecular weight excluding hydrogens is 165 g/mol. The second kappa shape index (κ2) is 13.6. The Balaban J connectivity index is -0.000000720. The molecule has 0 atom stereocenters. The van der Waals surface area contributed by atoms with Gasteiger partial charge in [0, 0.05) is 0 Å². The quantitative estimate of drug-likeness (QED) is 0.490. The molecule has 0 saturated heterocycles. The minimum atomic E-state index is 0. The van der Waals surface area contributed by atoms with E-state index in [9.17, 15) is 0 Å². The summed E-state index contributed by atoms with van der Waals surface area (Å²) in [6.45, 7) is 10.8. The van der Waals surface area contributed by atoms with Crippen LogP contribution in [-0.4, -0.2) is 24.5 Å². The van der Waals surface area contributed by atoms with E-state index in [1.165, 1.54) is 58.2 Å². The first kappa shape index (κ1) is 17.0. The van der Waals surface area contributed by atoms with E-state index in [0.29, 0.717) is 0 Å². The molecule has 0 aliphatic rings. The van der Waals surface area contributed by atoms with Gasteiger partial charge in [-0.1, -0.05) is 40.0 Å². The van der Waals surface area contributed by atoms with E-state index >= 15 is 0 Å². The van der Waals surface area contributed by atoms with Crippen LogP contribution in [0, 0.1) is 0 Å². The molecule has 82 valence electrons. The van der Waals surface area contributed by atoms with Crippen molar-refractivity contribution in [1.82, 2.24) is 4.90 Å². The molecule has 2 heteroatoms. The largest absolute Gasteiger partial charge is 1.00 e. The van der Waals surface area contributed by atoms with Crippen LogP contribution in [0.5, 0.6) is 0 Å². The van der Waals surface area contributed by atoms with Crippen molar-refractivity contribution in [2.45, 2.75) is 59.3 Å². The summed E-state index contributed by atoms with van der Waals surface area (Å²) in [6.07, 6.45) is 8.09. The maximum absolute atomic E-state index is 2.64. The van der Waals surface area contributed by atoms with E-state index in [0.717, 1.165) is 0 Å². The van der Waals surface area contributed by atoms with Crippen molar-refractivity contribution in [1.29, 1.82) is 0 Å². The van der Waals surface area contributed by atoms with Gasteiger partial charge in [0.05, 0.1) is 0 Å². The number of hydrogen-bond donors (Lipinski definition) is 0. The maximum atomic E-state index is 2.64. The molecule has 0 aromatic heterocycles. The van der Waals surface area contributed by atoms with Gasteiger partial charge in [0.1, 0.15) is 0 Å². The molecule has 0 rings (SSSR count). The fourth-order valence-electron chi connectivity index (χ4n) is 1.48. The van der Waals surface area contributed by atoms with Crippen molar-refractivity contribution in [2.75, 3.05) is 19.6 Å². The number of hydrogen-bond acceptors (Lipinski definition) is 1. The van der Waals surface area contributed by atoms with E-state index in [1.54, 1.807) is 0 Å². The van der Waals surface area contributed by atoms with Crippen LogP contribution in [0.3, 0.4) is 0 Å². The zero-order chi connectivity index (χ0) is 9.94. The Morgan fingerprint density at radius 3 is 1.21 bits per heavy atom. The topological polar surface area (TPSA) is 3.24 Å². The summed E-state index contributed by atoms with van der Waals surface area (Å²) in [5.74, 6) is 0. The third-order valence-electron chi connectivity index (χ3n) is 2.48. The van der Waals surface area contributed by atoms with Crippen molar-refractivity contribution < 1.29 is 20.3 Å². The minimum absolute atomic E-state index is 0. The Hall–Kier alpha value is 0.557. The third kappa shape index (κ3) is 10.6. The van der Waals surface area contributed by atoms with Gasteiger partial charge in [-0.15, -0.1) is 0 Å². The molecule has 1 nitrogen and oxygen atoms in total. The van der Waals surface area contributed by atoms with E-state index in [-0.39, 0.29) is 20.3 Å². The molecule has 0 radical (unpaired) electrons. The predicted molar refractivity (Wildman–Crippen MR) is 62.3 cm³/mol. The predicted octanol–water partition coefficient (Wildman–Crippen LogP) is 0.805. The molecule has 0 aliphatic carbocycles. The zero-order valence-electron chi connectivity index (χ0n) is 11.8. The van der Waals surface area contributed by atoms with E-state index < -0.39 is 0 Å². The molecule has 0 N–H and O–H groups in total. The Kier molecular flexibility index (Phi) is 16.4. The van der Waals surface area contributed by atoms with Gasteiger partial charge >= 0.3 is 18.9 Å². The fraction of sp³-hybridized carbons (Fsp3) is 1.00. The van der Waals surface area contributed by atoms with E-state index in [4.69, 9.17) is 0 Å². The normalized spacial score (nSPS) is 10.3. The first-order valence-corrected chi connectivity index (χ1v) is 6.07. The fourth-order valence-corrected chi connectivity index (χ4v) is 1.48. The molecule has 0 aromatic carbocycles. The van der Waals surface area contributed by atoms with Gasteiger partial charge in [0.15, 0.2) is 0 Å². The maximum Gasteiger partial charge on any atom is 1.00 e. The van der Waals surface area contributed by atoms with Crippen molar-refractivity contribution in [2.24, 2.45) is 0 Å². The SMILES string of the molecule is CCCCN(CCCC)CCCC.[H-].[Li+]. The van der Waals surface area contributed by atoms with Crippen LogP contribution in [0.4, 0.5) is 0 Å². The van der Waals surface area contributed by atoms with Gasteiger partial charge in [0.2, 0.25) is 0 Å². The Labute approximate surface area is 104 Å². The summed E-state index contributed by atoms with van der Waals surface area (Å²) < 4.78 is 0. The van der Waals surface area contributed by atoms with Gasteiger partial charge in [-0.3, -0.25) is 0 Å². The van der Waals surface area contributed by atoms with Gasteiger partial charge in [0.25, 0.3) is 0 Å². The van der Waals surface area contributed by atoms with Gasteiger partial charge in [-0.2, -0.15) is 0 Å². The Bertz CT molecular complexity index is 82.6. The molecule has 0 saturated carbocycles. The van der Waals surface area contributed by atoms with Crippen LogP contribution in [-0.2, 0) is 0 Å². The van der Waals surface area contributed by atoms with Crippen LogP contribution in [0.2, 0.25) is 0 Å². The smallest absolute Gasteiger partial charge is 1.00 e. The Morgan fingerprint density at radius 2 is 1.00 bits per heavy atom. The standard InChI is InChI=1S/C12H27N.Li.H/c1-4-7-10-13(11-8-5-2)12-9-6-3;;/h4-12H2,1-3H3;;/q;+1;-1. The second-order valence-electron chi connectivity index (χ2n) is 3.90. The van der Waals surface area contributed by atoms with E-state index in [1.807, 2.05) is 0 Å². The third-order valence-corrected chi connectivity index (χ3v) is 2.48. The molecule has 0 unspecified atom stereocenters. The molecule has 14 heavy (non-hydrogen) atoms. The van der Waals surface area contributed by atoms with Crippen LogP contribution >= 0.6 is 0 Å². The first-order valence-electron chi connectivity index (χ1n) is 6.07. The zero-order valence-corrected chi connectivity index (χ0v) is 10.8. The summed E-state index contributed by atoms with van der Waals surface area (Å²) in [5, 5.41) is 0. The van der Waals surface area contributed by atoms with Gasteiger partial charge in [-0.05, 0) is 38.9 Å². The molecule has 0 bridgehead atoms. The second-order valence-corrected chi connectivity index (χ2v) is 3.90. The average Bonchev–Trinajstić information content (AvgIpc) is 2.17. The Morgan fingerprint density at radius 1 is 0.714 bits per heavy atom. The monoisotopic (exact) mass is 193 g/mol. The summed E-state index contributed by atoms with van der Waals surface area (Å²) in [7, 11) is 0. The van der Waals surface area contributed by atoms with Crippen molar-refractivity contribution in [3.05, 3.63) is 0 Å². The summed E-state index contributed by atoms with van der Waals surface area (Å²) >= 11 is 0. The number of unbranched alkanes of at least 4 members (excludes halogenated alkanes) is 3. The number of rotatable bonds is 9. The summed E-state index contributed by atoms with van der Waals surface area (Å²) in [4.78, 5) is 2.64. The van der Waals surface area contributed by atoms with Crippen molar-refractivity contribution in [3.63, 3.8) is 0 Å². The average molecular weight is 193 g/mol. The van der Waals surface area contributed by atoms with Crippen LogP contribution in [0.1, 0.15) is 60.7 Å². The van der Waals surface area contributed by atoms with Gasteiger partial charge < -0.3 is 6.33 Å². The minimum Gasteiger partial charge on any atom is -1.00 e. The van der Waals surface area contributed by atoms with Crippen molar-refractivity contribution >= 4 is 0 Å².